The van der Waals surface area contributed by atoms with Crippen LogP contribution in [0.25, 0.3) is 0 Å². The van der Waals surface area contributed by atoms with Crippen LogP contribution in [0.15, 0.2) is 53.4 Å². The van der Waals surface area contributed by atoms with Crippen LogP contribution in [0.4, 0.5) is 5.69 Å². The zero-order valence-corrected chi connectivity index (χ0v) is 20.1. The summed E-state index contributed by atoms with van der Waals surface area (Å²) in [6.45, 7) is 8.64. The Kier molecular flexibility index (Phi) is 8.38. The summed E-state index contributed by atoms with van der Waals surface area (Å²) in [6, 6.07) is 15.7. The number of thioether (sulfide) groups is 1. The molecular weight excluding hydrogens is 416 g/mol. The minimum Gasteiger partial charge on any atom is -0.354 e. The van der Waals surface area contributed by atoms with Gasteiger partial charge in [-0.2, -0.15) is 0 Å². The summed E-state index contributed by atoms with van der Waals surface area (Å²) in [5.74, 6) is 0.577. The van der Waals surface area contributed by atoms with Crippen molar-refractivity contribution < 1.29 is 13.2 Å². The molecule has 164 valence electrons. The third-order valence-electron chi connectivity index (χ3n) is 4.64. The van der Waals surface area contributed by atoms with Gasteiger partial charge in [0.1, 0.15) is 6.54 Å². The number of rotatable bonds is 9. The highest BCUT2D eigenvalue weighted by Crippen LogP contribution is 2.26. The lowest BCUT2D eigenvalue weighted by atomic mass is 9.87. The first-order valence-electron chi connectivity index (χ1n) is 10.0. The predicted octanol–water partition coefficient (Wildman–Crippen LogP) is 4.36. The van der Waals surface area contributed by atoms with Crippen LogP contribution >= 0.6 is 11.8 Å². The molecule has 0 spiro atoms. The summed E-state index contributed by atoms with van der Waals surface area (Å²) in [5.41, 5.74) is 2.81. The number of benzene rings is 2. The number of sulfonamides is 1. The van der Waals surface area contributed by atoms with Crippen molar-refractivity contribution in [2.24, 2.45) is 0 Å². The van der Waals surface area contributed by atoms with E-state index in [1.807, 2.05) is 12.1 Å². The molecule has 2 aromatic rings. The van der Waals surface area contributed by atoms with Crippen molar-refractivity contribution in [1.82, 2.24) is 5.32 Å². The highest BCUT2D eigenvalue weighted by molar-refractivity contribution is 7.99. The first kappa shape index (κ1) is 24.3. The van der Waals surface area contributed by atoms with Crippen molar-refractivity contribution in [3.8, 4) is 0 Å². The smallest absolute Gasteiger partial charge is 0.240 e. The van der Waals surface area contributed by atoms with E-state index >= 15 is 0 Å². The van der Waals surface area contributed by atoms with Gasteiger partial charge in [0.2, 0.25) is 15.9 Å². The van der Waals surface area contributed by atoms with Crippen molar-refractivity contribution in [3.63, 3.8) is 0 Å². The molecule has 0 aromatic heterocycles. The van der Waals surface area contributed by atoms with Gasteiger partial charge in [0.25, 0.3) is 0 Å². The summed E-state index contributed by atoms with van der Waals surface area (Å²) in [5, 5.41) is 2.83. The molecular formula is C23H32N2O3S2. The quantitative estimate of drug-likeness (QED) is 0.457. The molecule has 0 aliphatic carbocycles. The second kappa shape index (κ2) is 10.4. The number of carbonyl (C=O) groups is 1. The maximum absolute atomic E-state index is 12.3. The van der Waals surface area contributed by atoms with Crippen LogP contribution in [0.3, 0.4) is 0 Å². The van der Waals surface area contributed by atoms with Crippen LogP contribution < -0.4 is 9.62 Å². The van der Waals surface area contributed by atoms with E-state index in [4.69, 9.17) is 0 Å². The molecule has 0 saturated heterocycles. The van der Waals surface area contributed by atoms with Crippen molar-refractivity contribution in [2.75, 3.05) is 29.4 Å². The fourth-order valence-corrected chi connectivity index (χ4v) is 4.55. The zero-order valence-electron chi connectivity index (χ0n) is 18.4. The van der Waals surface area contributed by atoms with E-state index in [1.165, 1.54) is 10.5 Å². The standard InChI is InChI=1S/C23H32N2O3S2/c1-18-7-13-21(14-8-18)29-16-6-15-24-22(26)17-25(30(5,27)28)20-11-9-19(10-12-20)23(2,3)4/h7-14H,6,15-17H2,1-5H3,(H,24,26). The second-order valence-electron chi connectivity index (χ2n) is 8.43. The summed E-state index contributed by atoms with van der Waals surface area (Å²) < 4.78 is 25.6. The molecule has 5 nitrogen and oxygen atoms in total. The molecule has 0 saturated carbocycles. The van der Waals surface area contributed by atoms with E-state index in [9.17, 15) is 13.2 Å². The summed E-state index contributed by atoms with van der Waals surface area (Å²) in [4.78, 5) is 13.5. The highest BCUT2D eigenvalue weighted by Gasteiger charge is 2.21. The van der Waals surface area contributed by atoms with Gasteiger partial charge >= 0.3 is 0 Å². The lowest BCUT2D eigenvalue weighted by molar-refractivity contribution is -0.119. The largest absolute Gasteiger partial charge is 0.354 e. The van der Waals surface area contributed by atoms with Gasteiger partial charge in [0.05, 0.1) is 11.9 Å². The molecule has 0 radical (unpaired) electrons. The minimum atomic E-state index is -3.57. The Balaban J connectivity index is 1.87. The van der Waals surface area contributed by atoms with Crippen molar-refractivity contribution >= 4 is 33.4 Å². The average molecular weight is 449 g/mol. The second-order valence-corrected chi connectivity index (χ2v) is 11.5. The van der Waals surface area contributed by atoms with E-state index in [0.717, 1.165) is 28.3 Å². The minimum absolute atomic E-state index is 0.0254. The summed E-state index contributed by atoms with van der Waals surface area (Å²) in [6.07, 6.45) is 1.93. The van der Waals surface area contributed by atoms with E-state index in [-0.39, 0.29) is 17.9 Å². The number of nitrogens with zero attached hydrogens (tertiary/aromatic N) is 1. The SMILES string of the molecule is Cc1ccc(SCCCNC(=O)CN(c2ccc(C(C)(C)C)cc2)S(C)(=O)=O)cc1. The number of anilines is 1. The maximum Gasteiger partial charge on any atom is 0.240 e. The fraction of sp³-hybridized carbons (Fsp3) is 0.435. The van der Waals surface area contributed by atoms with Gasteiger partial charge in [-0.05, 0) is 54.3 Å². The van der Waals surface area contributed by atoms with Crippen LogP contribution in [0.2, 0.25) is 0 Å². The number of amides is 1. The van der Waals surface area contributed by atoms with Gasteiger partial charge in [-0.25, -0.2) is 8.42 Å². The van der Waals surface area contributed by atoms with Crippen LogP contribution in [-0.4, -0.2) is 39.4 Å². The third-order valence-corrected chi connectivity index (χ3v) is 6.88. The Bertz CT molecular complexity index is 932. The Morgan fingerprint density at radius 1 is 1.03 bits per heavy atom. The summed E-state index contributed by atoms with van der Waals surface area (Å²) in [7, 11) is -3.57. The molecule has 0 aliphatic heterocycles. The van der Waals surface area contributed by atoms with Crippen LogP contribution in [0, 0.1) is 6.92 Å². The molecule has 2 rings (SSSR count). The molecule has 0 heterocycles. The average Bonchev–Trinajstić information content (AvgIpc) is 2.66. The number of aryl methyl sites for hydroxylation is 1. The lowest BCUT2D eigenvalue weighted by Gasteiger charge is -2.24. The van der Waals surface area contributed by atoms with E-state index in [2.05, 4.69) is 57.3 Å². The molecule has 2 aromatic carbocycles. The topological polar surface area (TPSA) is 66.5 Å². The molecule has 1 amide bonds. The lowest BCUT2D eigenvalue weighted by Crippen LogP contribution is -2.40. The van der Waals surface area contributed by atoms with Crippen molar-refractivity contribution in [2.45, 2.75) is 44.4 Å². The number of hydrogen-bond acceptors (Lipinski definition) is 4. The van der Waals surface area contributed by atoms with Gasteiger partial charge in [-0.3, -0.25) is 9.10 Å². The monoisotopic (exact) mass is 448 g/mol. The molecule has 0 bridgehead atoms. The van der Waals surface area contributed by atoms with Gasteiger partial charge in [-0.1, -0.05) is 50.6 Å². The molecule has 0 atom stereocenters. The van der Waals surface area contributed by atoms with Gasteiger partial charge in [0, 0.05) is 11.4 Å². The Labute approximate surface area is 185 Å². The van der Waals surface area contributed by atoms with Crippen molar-refractivity contribution in [1.29, 1.82) is 0 Å². The molecule has 1 N–H and O–H groups in total. The fourth-order valence-electron chi connectivity index (χ4n) is 2.84. The first-order chi connectivity index (χ1) is 14.0. The van der Waals surface area contributed by atoms with Crippen LogP contribution in [0.1, 0.15) is 38.3 Å². The normalized spacial score (nSPS) is 11.9. The Morgan fingerprint density at radius 2 is 1.63 bits per heavy atom. The Morgan fingerprint density at radius 3 is 2.17 bits per heavy atom. The van der Waals surface area contributed by atoms with Crippen LogP contribution in [-0.2, 0) is 20.2 Å². The van der Waals surface area contributed by atoms with Gasteiger partial charge in [0.15, 0.2) is 0 Å². The summed E-state index contributed by atoms with van der Waals surface area (Å²) >= 11 is 1.74. The number of carbonyl (C=O) groups excluding carboxylic acids is 1. The number of nitrogens with one attached hydrogen (secondary N) is 1. The van der Waals surface area contributed by atoms with Gasteiger partial charge in [-0.15, -0.1) is 11.8 Å². The molecule has 30 heavy (non-hydrogen) atoms. The first-order valence-corrected chi connectivity index (χ1v) is 12.8. The van der Waals surface area contributed by atoms with Gasteiger partial charge < -0.3 is 5.32 Å². The molecule has 0 fully saturated rings. The van der Waals surface area contributed by atoms with E-state index in [1.54, 1.807) is 23.9 Å². The third kappa shape index (κ3) is 7.69. The molecule has 0 aliphatic rings. The van der Waals surface area contributed by atoms with Crippen molar-refractivity contribution in [3.05, 3.63) is 59.7 Å². The predicted molar refractivity (Wildman–Crippen MR) is 127 cm³/mol. The van der Waals surface area contributed by atoms with E-state index < -0.39 is 10.0 Å². The maximum atomic E-state index is 12.3. The number of hydrogen-bond donors (Lipinski definition) is 1. The van der Waals surface area contributed by atoms with E-state index in [0.29, 0.717) is 12.2 Å². The zero-order chi connectivity index (χ0) is 22.4. The highest BCUT2D eigenvalue weighted by atomic mass is 32.2. The Hall–Kier alpha value is -1.99. The molecule has 7 heteroatoms. The van der Waals surface area contributed by atoms with Crippen LogP contribution in [0.5, 0.6) is 0 Å². The molecule has 0 unspecified atom stereocenters.